The van der Waals surface area contributed by atoms with Crippen LogP contribution in [0.3, 0.4) is 0 Å². The first kappa shape index (κ1) is 26.8. The van der Waals surface area contributed by atoms with Crippen molar-refractivity contribution < 1.29 is 4.79 Å². The molecule has 1 amide bonds. The second-order valence-electron chi connectivity index (χ2n) is 10.0. The number of anilines is 2. The molecule has 1 aliphatic carbocycles. The van der Waals surface area contributed by atoms with Crippen LogP contribution in [0.4, 0.5) is 11.4 Å². The Morgan fingerprint density at radius 1 is 1.17 bits per heavy atom. The molecule has 8 heteroatoms. The maximum absolute atomic E-state index is 11.8. The topological polar surface area (TPSA) is 60.0 Å². The summed E-state index contributed by atoms with van der Waals surface area (Å²) in [5, 5.41) is 8.35. The van der Waals surface area contributed by atoms with Crippen LogP contribution in [0.2, 0.25) is 10.0 Å². The van der Waals surface area contributed by atoms with Crippen LogP contribution in [-0.4, -0.2) is 55.5 Å². The van der Waals surface area contributed by atoms with Crippen LogP contribution in [0.25, 0.3) is 0 Å². The van der Waals surface area contributed by atoms with Gasteiger partial charge < -0.3 is 20.4 Å². The number of piperazine rings is 1. The monoisotopic (exact) mass is 529 g/mol. The smallest absolute Gasteiger partial charge is 0.214 e. The van der Waals surface area contributed by atoms with Crippen LogP contribution < -0.4 is 15.5 Å². The maximum Gasteiger partial charge on any atom is 0.214 e. The molecule has 0 bridgehead atoms. The molecule has 1 heterocycles. The van der Waals surface area contributed by atoms with Gasteiger partial charge in [-0.15, -0.1) is 0 Å². The van der Waals surface area contributed by atoms with Crippen molar-refractivity contribution >= 4 is 46.9 Å². The molecule has 3 atom stereocenters. The lowest BCUT2D eigenvalue weighted by molar-refractivity contribution is -0.107. The van der Waals surface area contributed by atoms with E-state index in [-0.39, 0.29) is 0 Å². The van der Waals surface area contributed by atoms with E-state index in [1.165, 1.54) is 19.3 Å². The lowest BCUT2D eigenvalue weighted by Crippen LogP contribution is -2.53. The van der Waals surface area contributed by atoms with E-state index in [1.807, 2.05) is 36.4 Å². The Morgan fingerprint density at radius 3 is 2.64 bits per heavy atom. The first-order valence-corrected chi connectivity index (χ1v) is 13.8. The van der Waals surface area contributed by atoms with E-state index in [0.29, 0.717) is 41.0 Å². The third-order valence-corrected chi connectivity index (χ3v) is 7.83. The van der Waals surface area contributed by atoms with Crippen LogP contribution in [0.5, 0.6) is 0 Å². The second-order valence-corrected chi connectivity index (χ2v) is 10.9. The van der Waals surface area contributed by atoms with Gasteiger partial charge in [0.05, 0.1) is 6.04 Å². The van der Waals surface area contributed by atoms with E-state index in [9.17, 15) is 4.79 Å². The highest BCUT2D eigenvalue weighted by molar-refractivity contribution is 6.35. The number of carbonyl (C=O) groups excluding carboxylic acids is 1. The lowest BCUT2D eigenvalue weighted by Gasteiger charge is -2.36. The lowest BCUT2D eigenvalue weighted by atomic mass is 9.86. The van der Waals surface area contributed by atoms with Gasteiger partial charge in [0.1, 0.15) is 0 Å². The number of guanidine groups is 1. The summed E-state index contributed by atoms with van der Waals surface area (Å²) in [6, 6.07) is 14.2. The van der Waals surface area contributed by atoms with E-state index in [1.54, 1.807) is 11.0 Å². The highest BCUT2D eigenvalue weighted by Gasteiger charge is 2.25. The number of aliphatic imine (C=N–C) groups is 1. The van der Waals surface area contributed by atoms with Gasteiger partial charge in [-0.3, -0.25) is 4.79 Å². The molecule has 6 nitrogen and oxygen atoms in total. The molecule has 0 radical (unpaired) electrons. The van der Waals surface area contributed by atoms with E-state index >= 15 is 0 Å². The Bertz CT molecular complexity index is 1040. The number of nitrogens with one attached hydrogen (secondary N) is 2. The van der Waals surface area contributed by atoms with E-state index < -0.39 is 0 Å². The molecule has 36 heavy (non-hydrogen) atoms. The van der Waals surface area contributed by atoms with Gasteiger partial charge in [-0.1, -0.05) is 49.0 Å². The second kappa shape index (κ2) is 12.8. The number of hydrogen-bond donors (Lipinski definition) is 2. The molecule has 1 aliphatic heterocycles. The molecule has 2 aliphatic rings. The van der Waals surface area contributed by atoms with Crippen LogP contribution in [-0.2, 0) is 11.2 Å². The van der Waals surface area contributed by atoms with Crippen molar-refractivity contribution in [3.8, 4) is 0 Å². The van der Waals surface area contributed by atoms with Gasteiger partial charge >= 0.3 is 0 Å². The zero-order valence-electron chi connectivity index (χ0n) is 21.2. The zero-order valence-corrected chi connectivity index (χ0v) is 22.7. The molecule has 2 aromatic carbocycles. The van der Waals surface area contributed by atoms with Crippen molar-refractivity contribution in [3.05, 3.63) is 58.1 Å². The third kappa shape index (κ3) is 7.15. The Morgan fingerprint density at radius 2 is 1.94 bits per heavy atom. The van der Waals surface area contributed by atoms with Crippen molar-refractivity contribution in [3.63, 3.8) is 0 Å². The Labute approximate surface area is 225 Å². The Balaban J connectivity index is 1.45. The summed E-state index contributed by atoms with van der Waals surface area (Å²) >= 11 is 12.3. The molecule has 0 unspecified atom stereocenters. The van der Waals surface area contributed by atoms with Crippen LogP contribution in [0.1, 0.15) is 45.1 Å². The fraction of sp³-hybridized carbons (Fsp3) is 0.500. The summed E-state index contributed by atoms with van der Waals surface area (Å²) in [6.45, 7) is 7.88. The zero-order chi connectivity index (χ0) is 25.5. The number of nitrogens with zero attached hydrogens (tertiary/aromatic N) is 3. The summed E-state index contributed by atoms with van der Waals surface area (Å²) < 4.78 is 0. The average Bonchev–Trinajstić information content (AvgIpc) is 2.87. The largest absolute Gasteiger partial charge is 0.340 e. The fourth-order valence-electron chi connectivity index (χ4n) is 5.04. The van der Waals surface area contributed by atoms with Gasteiger partial charge in [0.15, 0.2) is 5.96 Å². The molecule has 2 fully saturated rings. The SMILES string of the molecule is C[C@@H]1CCCC[C@H]1N=C(Nc1ccc(N(C=O)CCc2ccc(Cl)cc2Cl)cc1)N1CCN[C@@H](C)C1. The van der Waals surface area contributed by atoms with Crippen molar-refractivity contribution in [1.82, 2.24) is 10.2 Å². The number of hydrogen-bond acceptors (Lipinski definition) is 3. The standard InChI is InChI=1S/C28H37Cl2N5O/c1-20-5-3-4-6-27(20)33-28(34-16-14-31-21(2)18-34)32-24-9-11-25(12-10-24)35(19-36)15-13-22-7-8-23(29)17-26(22)30/h7-12,17,19-21,27,31H,3-6,13-16,18H2,1-2H3,(H,32,33)/t20-,21+,27-/m1/s1. The average molecular weight is 531 g/mol. The quantitative estimate of drug-likeness (QED) is 0.268. The van der Waals surface area contributed by atoms with Crippen LogP contribution >= 0.6 is 23.2 Å². The molecule has 1 saturated carbocycles. The van der Waals surface area contributed by atoms with Gasteiger partial charge in [0, 0.05) is 53.6 Å². The van der Waals surface area contributed by atoms with Crippen LogP contribution in [0.15, 0.2) is 47.5 Å². The first-order valence-electron chi connectivity index (χ1n) is 13.0. The Hall–Kier alpha value is -2.28. The predicted molar refractivity (Wildman–Crippen MR) is 152 cm³/mol. The number of rotatable bonds is 7. The number of halogens is 2. The summed E-state index contributed by atoms with van der Waals surface area (Å²) in [4.78, 5) is 21.1. The predicted octanol–water partition coefficient (Wildman–Crippen LogP) is 5.84. The van der Waals surface area contributed by atoms with Gasteiger partial charge in [-0.25, -0.2) is 4.99 Å². The summed E-state index contributed by atoms with van der Waals surface area (Å²) in [5.41, 5.74) is 2.78. The molecule has 0 spiro atoms. The molecule has 2 aromatic rings. The highest BCUT2D eigenvalue weighted by atomic mass is 35.5. The van der Waals surface area contributed by atoms with Crippen molar-refractivity contribution in [2.45, 2.75) is 58.0 Å². The van der Waals surface area contributed by atoms with Gasteiger partial charge in [-0.2, -0.15) is 0 Å². The molecule has 2 N–H and O–H groups in total. The van der Waals surface area contributed by atoms with Gasteiger partial charge in [-0.05, 0) is 74.1 Å². The van der Waals surface area contributed by atoms with Crippen molar-refractivity contribution in [2.75, 3.05) is 36.4 Å². The minimum atomic E-state index is 0.357. The van der Waals surface area contributed by atoms with Crippen molar-refractivity contribution in [2.24, 2.45) is 10.9 Å². The number of carbonyl (C=O) groups is 1. The molecule has 4 rings (SSSR count). The first-order chi connectivity index (χ1) is 17.4. The van der Waals surface area contributed by atoms with Crippen LogP contribution in [0, 0.1) is 5.92 Å². The molecule has 0 aromatic heterocycles. The van der Waals surface area contributed by atoms with Crippen molar-refractivity contribution in [1.29, 1.82) is 0 Å². The highest BCUT2D eigenvalue weighted by Crippen LogP contribution is 2.27. The molecule has 1 saturated heterocycles. The third-order valence-electron chi connectivity index (χ3n) is 7.24. The number of amides is 1. The minimum Gasteiger partial charge on any atom is -0.340 e. The summed E-state index contributed by atoms with van der Waals surface area (Å²) in [5.74, 6) is 1.56. The molecule has 194 valence electrons. The summed E-state index contributed by atoms with van der Waals surface area (Å²) in [6.07, 6.45) is 6.47. The van der Waals surface area contributed by atoms with E-state index in [0.717, 1.165) is 55.4 Å². The maximum atomic E-state index is 11.8. The molecular formula is C28H37Cl2N5O. The Kier molecular flexibility index (Phi) is 9.52. The van der Waals surface area contributed by atoms with E-state index in [4.69, 9.17) is 28.2 Å². The fourth-order valence-corrected chi connectivity index (χ4v) is 5.54. The van der Waals surface area contributed by atoms with Gasteiger partial charge in [0.2, 0.25) is 6.41 Å². The summed E-state index contributed by atoms with van der Waals surface area (Å²) in [7, 11) is 0. The number of benzene rings is 2. The normalized spacial score (nSPS) is 22.8. The van der Waals surface area contributed by atoms with E-state index in [2.05, 4.69) is 29.4 Å². The minimum absolute atomic E-state index is 0.357. The molecular weight excluding hydrogens is 493 g/mol. The van der Waals surface area contributed by atoms with Gasteiger partial charge in [0.25, 0.3) is 0 Å².